The van der Waals surface area contributed by atoms with Gasteiger partial charge in [0.2, 0.25) is 11.8 Å². The van der Waals surface area contributed by atoms with Crippen molar-refractivity contribution in [1.82, 2.24) is 20.2 Å². The summed E-state index contributed by atoms with van der Waals surface area (Å²) in [6, 6.07) is 0. The summed E-state index contributed by atoms with van der Waals surface area (Å²) in [6.45, 7) is 4.17. The molecule has 1 saturated heterocycles. The average Bonchev–Trinajstić information content (AvgIpc) is 3.21. The number of rotatable bonds is 15. The fourth-order valence-corrected chi connectivity index (χ4v) is 4.51. The minimum atomic E-state index is -3.83. The summed E-state index contributed by atoms with van der Waals surface area (Å²) in [5.74, 6) is -0.442. The quantitative estimate of drug-likeness (QED) is 0.142. The highest BCUT2D eigenvalue weighted by atomic mass is 31.2. The highest BCUT2D eigenvalue weighted by molar-refractivity contribution is 7.52. The fraction of sp³-hybridized carbons (Fsp3) is 0.652. The number of amides is 2. The number of nitrogens with one attached hydrogen (secondary N) is 3. The first-order valence-corrected chi connectivity index (χ1v) is 14.0. The average molecular weight is 545 g/mol. The van der Waals surface area contributed by atoms with Gasteiger partial charge in [-0.25, -0.2) is 4.79 Å². The maximum absolute atomic E-state index is 12.5. The van der Waals surface area contributed by atoms with Crippen LogP contribution in [0.25, 0.3) is 6.08 Å². The summed E-state index contributed by atoms with van der Waals surface area (Å²) < 4.78 is 29.5. The van der Waals surface area contributed by atoms with Crippen LogP contribution in [0.2, 0.25) is 0 Å². The van der Waals surface area contributed by atoms with E-state index in [9.17, 15) is 28.6 Å². The van der Waals surface area contributed by atoms with Crippen LogP contribution in [0.1, 0.15) is 57.7 Å². The zero-order chi connectivity index (χ0) is 27.4. The number of nitrogens with zero attached hydrogens (tertiary/aromatic N) is 1. The Bertz CT molecular complexity index is 1100. The number of H-pyrrole nitrogens is 1. The largest absolute Gasteiger partial charge is 0.382 e. The van der Waals surface area contributed by atoms with Gasteiger partial charge in [-0.15, -0.1) is 0 Å². The predicted octanol–water partition coefficient (Wildman–Crippen LogP) is 0.887. The zero-order valence-electron chi connectivity index (χ0n) is 21.4. The summed E-state index contributed by atoms with van der Waals surface area (Å²) >= 11 is 0. The summed E-state index contributed by atoms with van der Waals surface area (Å²) in [5, 5.41) is 5.46. The van der Waals surface area contributed by atoms with Gasteiger partial charge in [0, 0.05) is 52.0 Å². The van der Waals surface area contributed by atoms with Gasteiger partial charge in [0.1, 0.15) is 12.3 Å². The molecule has 0 bridgehead atoms. The molecule has 0 aliphatic carbocycles. The Balaban J connectivity index is 1.97. The lowest BCUT2D eigenvalue weighted by atomic mass is 10.2. The topological polar surface area (TPSA) is 178 Å². The second-order valence-corrected chi connectivity index (χ2v) is 10.8. The molecule has 0 radical (unpaired) electrons. The van der Waals surface area contributed by atoms with E-state index >= 15 is 0 Å². The lowest BCUT2D eigenvalue weighted by molar-refractivity contribution is -0.119. The molecule has 1 aliphatic heterocycles. The van der Waals surface area contributed by atoms with Gasteiger partial charge in [0.05, 0.1) is 18.3 Å². The van der Waals surface area contributed by atoms with Gasteiger partial charge < -0.3 is 29.5 Å². The molecule has 2 heterocycles. The molecular formula is C23H37N4O9P. The normalized spacial score (nSPS) is 21.1. The van der Waals surface area contributed by atoms with Gasteiger partial charge in [-0.05, 0) is 18.9 Å². The standard InChI is InChI=1S/C23H37N4O9P/c1-4-37(32,33)36-18-13-21(35-19(18)15-34-3)27-14-17(22(30)26-23(27)31)9-10-20(29)25-12-8-6-5-7-11-24-16(2)28/h9-10,14,18-19,21H,4-8,11-13,15H2,1-3H3,(H,24,28)(H,25,29)(H,32,33)(H,26,30,31)/b10-9+/t18-,19-,21-/m1/s1. The van der Waals surface area contributed by atoms with E-state index in [1.54, 1.807) is 0 Å². The third-order valence-electron chi connectivity index (χ3n) is 5.71. The van der Waals surface area contributed by atoms with Crippen LogP contribution in [0, 0.1) is 0 Å². The highest BCUT2D eigenvalue weighted by Crippen LogP contribution is 2.46. The molecule has 1 aromatic rings. The van der Waals surface area contributed by atoms with Gasteiger partial charge in [0.25, 0.3) is 5.56 Å². The van der Waals surface area contributed by atoms with Crippen molar-refractivity contribution in [2.75, 3.05) is 33.0 Å². The van der Waals surface area contributed by atoms with Crippen LogP contribution in [0.15, 0.2) is 21.9 Å². The molecule has 4 N–H and O–H groups in total. The van der Waals surface area contributed by atoms with Crippen molar-refractivity contribution in [1.29, 1.82) is 0 Å². The van der Waals surface area contributed by atoms with E-state index in [0.717, 1.165) is 30.3 Å². The van der Waals surface area contributed by atoms with E-state index < -0.39 is 37.3 Å². The van der Waals surface area contributed by atoms with E-state index in [4.69, 9.17) is 14.0 Å². The molecule has 37 heavy (non-hydrogen) atoms. The monoisotopic (exact) mass is 544 g/mol. The molecule has 13 nitrogen and oxygen atoms in total. The van der Waals surface area contributed by atoms with Crippen molar-refractivity contribution in [3.8, 4) is 0 Å². The van der Waals surface area contributed by atoms with E-state index in [2.05, 4.69) is 15.6 Å². The second kappa shape index (κ2) is 15.0. The Morgan fingerprint density at radius 1 is 1.24 bits per heavy atom. The molecule has 2 rings (SSSR count). The Morgan fingerprint density at radius 2 is 1.92 bits per heavy atom. The van der Waals surface area contributed by atoms with E-state index in [1.807, 2.05) is 0 Å². The van der Waals surface area contributed by atoms with Gasteiger partial charge in [-0.3, -0.25) is 28.5 Å². The first-order chi connectivity index (χ1) is 17.6. The van der Waals surface area contributed by atoms with Crippen molar-refractivity contribution < 1.29 is 33.0 Å². The number of aromatic nitrogens is 2. The molecule has 0 saturated carbocycles. The van der Waals surface area contributed by atoms with Crippen LogP contribution in [-0.2, 0) is 28.2 Å². The summed E-state index contributed by atoms with van der Waals surface area (Å²) in [7, 11) is -2.38. The molecular weight excluding hydrogens is 507 g/mol. The van der Waals surface area contributed by atoms with Gasteiger partial charge in [-0.1, -0.05) is 19.8 Å². The molecule has 1 fully saturated rings. The molecule has 4 atom stereocenters. The van der Waals surface area contributed by atoms with Gasteiger partial charge in [0.15, 0.2) is 0 Å². The number of ether oxygens (including phenoxy) is 2. The first-order valence-electron chi connectivity index (χ1n) is 12.3. The van der Waals surface area contributed by atoms with Crippen LogP contribution in [0.4, 0.5) is 0 Å². The number of aromatic amines is 1. The van der Waals surface area contributed by atoms with Crippen LogP contribution < -0.4 is 21.9 Å². The van der Waals surface area contributed by atoms with Crippen LogP contribution in [-0.4, -0.2) is 71.4 Å². The minimum absolute atomic E-state index is 0.0530. The van der Waals surface area contributed by atoms with Crippen molar-refractivity contribution in [3.05, 3.63) is 38.7 Å². The number of hydrogen-bond donors (Lipinski definition) is 4. The lowest BCUT2D eigenvalue weighted by Gasteiger charge is -2.20. The van der Waals surface area contributed by atoms with Crippen LogP contribution >= 0.6 is 7.60 Å². The summed E-state index contributed by atoms with van der Waals surface area (Å²) in [6.07, 6.45) is 4.87. The lowest BCUT2D eigenvalue weighted by Crippen LogP contribution is -2.33. The minimum Gasteiger partial charge on any atom is -0.382 e. The molecule has 14 heteroatoms. The highest BCUT2D eigenvalue weighted by Gasteiger charge is 2.40. The Hall–Kier alpha value is -2.57. The molecule has 1 aliphatic rings. The second-order valence-electron chi connectivity index (χ2n) is 8.69. The SMILES string of the molecule is CCP(=O)(O)O[C@@H]1C[C@H](n2cc(/C=C/C(=O)NCCCCCCNC(C)=O)c(=O)[nH]c2=O)O[C@@H]1COC. The molecule has 208 valence electrons. The van der Waals surface area contributed by atoms with E-state index in [-0.39, 0.29) is 36.6 Å². The van der Waals surface area contributed by atoms with Gasteiger partial charge >= 0.3 is 13.3 Å². The van der Waals surface area contributed by atoms with Crippen LogP contribution in [0.5, 0.6) is 0 Å². The zero-order valence-corrected chi connectivity index (χ0v) is 22.3. The first kappa shape index (κ1) is 30.7. The number of carbonyl (C=O) groups excluding carboxylic acids is 2. The molecule has 0 aromatic carbocycles. The maximum Gasteiger partial charge on any atom is 0.330 e. The maximum atomic E-state index is 12.5. The summed E-state index contributed by atoms with van der Waals surface area (Å²) in [4.78, 5) is 59.8. The molecule has 2 amide bonds. The molecule has 0 spiro atoms. The number of hydrogen-bond acceptors (Lipinski definition) is 8. The van der Waals surface area contributed by atoms with Crippen molar-refractivity contribution in [2.45, 2.75) is 64.4 Å². The Labute approximate surface area is 215 Å². The number of methoxy groups -OCH3 is 1. The van der Waals surface area contributed by atoms with Crippen molar-refractivity contribution in [2.24, 2.45) is 0 Å². The third-order valence-corrected chi connectivity index (χ3v) is 7.11. The van der Waals surface area contributed by atoms with Gasteiger partial charge in [-0.2, -0.15) is 0 Å². The predicted molar refractivity (Wildman–Crippen MR) is 136 cm³/mol. The Kier molecular flexibility index (Phi) is 12.4. The summed E-state index contributed by atoms with van der Waals surface area (Å²) in [5.41, 5.74) is -1.34. The molecule has 1 unspecified atom stereocenters. The Morgan fingerprint density at radius 3 is 2.54 bits per heavy atom. The number of carbonyl (C=O) groups is 2. The number of unbranched alkanes of at least 4 members (excludes halogenated alkanes) is 3. The third kappa shape index (κ3) is 10.4. The smallest absolute Gasteiger partial charge is 0.330 e. The fourth-order valence-electron chi connectivity index (χ4n) is 3.72. The van der Waals surface area contributed by atoms with Crippen molar-refractivity contribution in [3.63, 3.8) is 0 Å². The van der Waals surface area contributed by atoms with E-state index in [1.165, 1.54) is 39.3 Å². The van der Waals surface area contributed by atoms with E-state index in [0.29, 0.717) is 13.1 Å². The van der Waals surface area contributed by atoms with Crippen molar-refractivity contribution >= 4 is 25.5 Å². The molecule has 1 aromatic heterocycles. The van der Waals surface area contributed by atoms with Crippen LogP contribution in [0.3, 0.4) is 0 Å².